The highest BCUT2D eigenvalue weighted by atomic mass is 19.3. The van der Waals surface area contributed by atoms with Crippen LogP contribution in [0.3, 0.4) is 0 Å². The maximum absolute atomic E-state index is 13.5. The van der Waals surface area contributed by atoms with Crippen molar-refractivity contribution in [3.05, 3.63) is 63.7 Å². The van der Waals surface area contributed by atoms with Gasteiger partial charge in [0.05, 0.1) is 37.5 Å². The molecule has 0 aliphatic carbocycles. The van der Waals surface area contributed by atoms with Crippen LogP contribution in [0.15, 0.2) is 24.4 Å². The molecule has 1 unspecified atom stereocenters. The quantitative estimate of drug-likeness (QED) is 0.166. The van der Waals surface area contributed by atoms with E-state index in [4.69, 9.17) is 30.1 Å². The number of fused-ring (bicyclic) bond motifs is 2. The van der Waals surface area contributed by atoms with Gasteiger partial charge in [-0.15, -0.1) is 0 Å². The lowest BCUT2D eigenvalue weighted by Gasteiger charge is -2.35. The molecule has 0 bridgehead atoms. The predicted octanol–water partition coefficient (Wildman–Crippen LogP) is 6.96. The lowest BCUT2D eigenvalue weighted by molar-refractivity contribution is -0.157. The molecule has 5 aliphatic rings. The van der Waals surface area contributed by atoms with Gasteiger partial charge in [0, 0.05) is 114 Å². The number of nitrogens with zero attached hydrogens (tertiary/aromatic N) is 10. The number of rotatable bonds is 9. The van der Waals surface area contributed by atoms with E-state index in [9.17, 15) is 27.2 Å². The molecule has 3 amide bonds. The second-order valence-corrected chi connectivity index (χ2v) is 16.7. The zero-order valence-electron chi connectivity index (χ0n) is 38.6. The molecule has 17 nitrogen and oxygen atoms in total. The SMILES string of the molecule is CC.CNC(=O)N1CCc2c(c(N(C)c3ccc(N)c(C(F)F)n3)nn2C2CCOCC2)C1.Cc1cnc(N(C)c2nn(C3CCOCC3)c3c2CN(C(=O)C2CCO2)CC3)cc1C(F)F. The standard InChI is InChI=1S/C23H29F2N5O3.C20H27F2N7O2.C2H6/c1-14-12-26-20(11-16(14)21(24)25)28(2)22-17-13-29(23(31)19-6-10-33-19)7-3-18(17)30(27-22)15-4-8-32-9-5-15;1-24-20(30)28-8-5-15-13(11-28)19(26-29(15)12-6-9-31-10-7-12)27(2)16-4-3-14(23)17(25-16)18(21)22;1-2/h11-12,15,19,21H,3-10,13H2,1-2H3;3-4,12,18H,5-11,23H2,1-2H3,(H,24,30);1-2H3. The molecule has 5 aliphatic heterocycles. The summed E-state index contributed by atoms with van der Waals surface area (Å²) in [5, 5.41) is 12.5. The Bertz CT molecular complexity index is 2310. The summed E-state index contributed by atoms with van der Waals surface area (Å²) in [4.78, 5) is 40.6. The number of pyridine rings is 2. The van der Waals surface area contributed by atoms with Crippen molar-refractivity contribution in [3.63, 3.8) is 0 Å². The van der Waals surface area contributed by atoms with Crippen molar-refractivity contribution in [1.82, 2.24) is 44.6 Å². The number of nitrogens with one attached hydrogen (secondary N) is 1. The summed E-state index contributed by atoms with van der Waals surface area (Å²) in [7, 11) is 5.13. The van der Waals surface area contributed by atoms with Crippen molar-refractivity contribution in [1.29, 1.82) is 0 Å². The van der Waals surface area contributed by atoms with Gasteiger partial charge in [-0.2, -0.15) is 10.2 Å². The Morgan fingerprint density at radius 1 is 0.788 bits per heavy atom. The van der Waals surface area contributed by atoms with Gasteiger partial charge in [-0.1, -0.05) is 13.8 Å². The smallest absolute Gasteiger partial charge is 0.317 e. The van der Waals surface area contributed by atoms with Crippen LogP contribution in [0.4, 0.5) is 51.3 Å². The van der Waals surface area contributed by atoms with Gasteiger partial charge in [0.1, 0.15) is 23.4 Å². The van der Waals surface area contributed by atoms with E-state index in [1.807, 2.05) is 23.4 Å². The third-order valence-corrected chi connectivity index (χ3v) is 12.8. The van der Waals surface area contributed by atoms with Gasteiger partial charge in [0.15, 0.2) is 11.6 Å². The molecule has 0 spiro atoms. The molecule has 66 heavy (non-hydrogen) atoms. The summed E-state index contributed by atoms with van der Waals surface area (Å²) < 4.78 is 74.2. The number of hydrogen-bond donors (Lipinski definition) is 2. The number of halogens is 4. The van der Waals surface area contributed by atoms with E-state index < -0.39 is 18.5 Å². The molecule has 3 fully saturated rings. The molecule has 360 valence electrons. The second kappa shape index (κ2) is 21.4. The molecule has 0 aromatic carbocycles. The summed E-state index contributed by atoms with van der Waals surface area (Å²) in [5.41, 5.74) is 9.60. The van der Waals surface area contributed by atoms with Crippen molar-refractivity contribution in [3.8, 4) is 0 Å². The zero-order chi connectivity index (χ0) is 47.2. The van der Waals surface area contributed by atoms with Crippen molar-refractivity contribution in [2.75, 3.05) is 82.8 Å². The summed E-state index contributed by atoms with van der Waals surface area (Å²) >= 11 is 0. The fourth-order valence-corrected chi connectivity index (χ4v) is 9.01. The Morgan fingerprint density at radius 2 is 1.32 bits per heavy atom. The van der Waals surface area contributed by atoms with Crippen molar-refractivity contribution in [2.24, 2.45) is 0 Å². The Kier molecular flexibility index (Phi) is 15.7. The third-order valence-electron chi connectivity index (χ3n) is 12.8. The number of ether oxygens (including phenoxy) is 3. The topological polar surface area (TPSA) is 174 Å². The van der Waals surface area contributed by atoms with Crippen LogP contribution in [0.1, 0.15) is 110 Å². The number of anilines is 5. The van der Waals surface area contributed by atoms with Crippen LogP contribution in [0.5, 0.6) is 0 Å². The molecule has 3 saturated heterocycles. The number of nitrogens with two attached hydrogens (primary N) is 1. The highest BCUT2D eigenvalue weighted by molar-refractivity contribution is 5.82. The van der Waals surface area contributed by atoms with Crippen molar-refractivity contribution in [2.45, 2.75) is 110 Å². The maximum Gasteiger partial charge on any atom is 0.317 e. The van der Waals surface area contributed by atoms with Gasteiger partial charge < -0.3 is 44.9 Å². The Labute approximate surface area is 382 Å². The molecule has 9 heterocycles. The van der Waals surface area contributed by atoms with Crippen LogP contribution in [0.25, 0.3) is 0 Å². The first kappa shape index (κ1) is 48.4. The van der Waals surface area contributed by atoms with Gasteiger partial charge in [0.2, 0.25) is 0 Å². The Hall–Kier alpha value is -5.54. The van der Waals surface area contributed by atoms with E-state index in [1.165, 1.54) is 18.3 Å². The number of hydrogen-bond acceptors (Lipinski definition) is 12. The molecule has 1 atom stereocenters. The van der Waals surface area contributed by atoms with Crippen molar-refractivity contribution < 1.29 is 41.4 Å². The number of aryl methyl sites for hydroxylation is 1. The van der Waals surface area contributed by atoms with E-state index >= 15 is 0 Å². The van der Waals surface area contributed by atoms with Gasteiger partial charge in [-0.05, 0) is 56.4 Å². The minimum absolute atomic E-state index is 0.00719. The van der Waals surface area contributed by atoms with Crippen LogP contribution in [0.2, 0.25) is 0 Å². The zero-order valence-corrected chi connectivity index (χ0v) is 38.6. The number of amides is 3. The highest BCUT2D eigenvalue weighted by Crippen LogP contribution is 2.39. The van der Waals surface area contributed by atoms with E-state index in [1.54, 1.807) is 48.8 Å². The first-order valence-corrected chi connectivity index (χ1v) is 22.8. The number of aromatic nitrogens is 6. The summed E-state index contributed by atoms with van der Waals surface area (Å²) in [6.45, 7) is 11.0. The predicted molar refractivity (Wildman–Crippen MR) is 240 cm³/mol. The largest absolute Gasteiger partial charge is 0.397 e. The van der Waals surface area contributed by atoms with Crippen LogP contribution < -0.4 is 20.9 Å². The number of nitrogen functional groups attached to an aromatic ring is 1. The van der Waals surface area contributed by atoms with Crippen LogP contribution in [0, 0.1) is 6.92 Å². The molecule has 4 aromatic rings. The van der Waals surface area contributed by atoms with E-state index in [0.29, 0.717) is 101 Å². The highest BCUT2D eigenvalue weighted by Gasteiger charge is 2.37. The number of carbonyl (C=O) groups is 2. The van der Waals surface area contributed by atoms with E-state index in [0.717, 1.165) is 54.6 Å². The molecule has 3 N–H and O–H groups in total. The van der Waals surface area contributed by atoms with Crippen LogP contribution >= 0.6 is 0 Å². The average Bonchev–Trinajstić information content (AvgIpc) is 3.90. The first-order chi connectivity index (χ1) is 31.8. The van der Waals surface area contributed by atoms with Crippen LogP contribution in [-0.2, 0) is 44.9 Å². The van der Waals surface area contributed by atoms with Gasteiger partial charge in [-0.3, -0.25) is 14.2 Å². The monoisotopic (exact) mass is 926 g/mol. The summed E-state index contributed by atoms with van der Waals surface area (Å²) in [6, 6.07) is 4.71. The normalized spacial score (nSPS) is 18.6. The van der Waals surface area contributed by atoms with E-state index in [2.05, 4.69) is 20.0 Å². The average molecular weight is 927 g/mol. The molecular weight excluding hydrogens is 865 g/mol. The summed E-state index contributed by atoms with van der Waals surface area (Å²) in [5.74, 6) is 1.99. The van der Waals surface area contributed by atoms with Crippen LogP contribution in [-0.4, -0.2) is 125 Å². The minimum atomic E-state index is -2.77. The molecular formula is C45H62F4N12O5. The lowest BCUT2D eigenvalue weighted by atomic mass is 10.0. The molecule has 0 saturated carbocycles. The fourth-order valence-electron chi connectivity index (χ4n) is 9.01. The third kappa shape index (κ3) is 10.1. The second-order valence-electron chi connectivity index (χ2n) is 16.7. The van der Waals surface area contributed by atoms with E-state index in [-0.39, 0.29) is 41.4 Å². The van der Waals surface area contributed by atoms with Gasteiger partial charge in [0.25, 0.3) is 18.8 Å². The maximum atomic E-state index is 13.5. The molecule has 21 heteroatoms. The Morgan fingerprint density at radius 3 is 1.82 bits per heavy atom. The fraction of sp³-hybridized carbons (Fsp3) is 0.600. The summed E-state index contributed by atoms with van der Waals surface area (Å²) in [6.07, 6.45) is 1.31. The lowest BCUT2D eigenvalue weighted by Crippen LogP contribution is -2.47. The number of urea groups is 1. The molecule has 9 rings (SSSR count). The minimum Gasteiger partial charge on any atom is -0.397 e. The number of alkyl halides is 4. The van der Waals surface area contributed by atoms with Crippen molar-refractivity contribution >= 4 is 40.9 Å². The van der Waals surface area contributed by atoms with Gasteiger partial charge in [-0.25, -0.2) is 32.3 Å². The number of carbonyl (C=O) groups excluding carboxylic acids is 2. The molecule has 4 aromatic heterocycles. The van der Waals surface area contributed by atoms with Gasteiger partial charge >= 0.3 is 6.03 Å². The molecule has 0 radical (unpaired) electrons. The Balaban J connectivity index is 0.000000190. The first-order valence-electron chi connectivity index (χ1n) is 22.8.